The highest BCUT2D eigenvalue weighted by Crippen LogP contribution is 2.21. The van der Waals surface area contributed by atoms with Gasteiger partial charge in [-0.25, -0.2) is 9.18 Å². The summed E-state index contributed by atoms with van der Waals surface area (Å²) in [6.45, 7) is 5.33. The maximum Gasteiger partial charge on any atom is 0.331 e. The maximum absolute atomic E-state index is 13.6. The van der Waals surface area contributed by atoms with Crippen LogP contribution in [0.5, 0.6) is 5.75 Å². The fourth-order valence-electron chi connectivity index (χ4n) is 3.09. The summed E-state index contributed by atoms with van der Waals surface area (Å²) in [5, 5.41) is 0. The molecule has 1 heterocycles. The van der Waals surface area contributed by atoms with Crippen LogP contribution in [-0.2, 0) is 14.3 Å². The molecule has 2 rings (SSSR count). The molecule has 1 aromatic rings. The maximum atomic E-state index is 13.6. The Morgan fingerprint density at radius 3 is 2.56 bits per heavy atom. The lowest BCUT2D eigenvalue weighted by atomic mass is 9.92. The first kappa shape index (κ1) is 19.0. The number of halogens is 1. The largest absolute Gasteiger partial charge is 0.494 e. The summed E-state index contributed by atoms with van der Waals surface area (Å²) < 4.78 is 23.4. The highest BCUT2D eigenvalue weighted by molar-refractivity contribution is 5.89. The van der Waals surface area contributed by atoms with Crippen LogP contribution < -0.4 is 4.74 Å². The predicted molar refractivity (Wildman–Crippen MR) is 92.5 cm³/mol. The molecule has 0 saturated carbocycles. The average molecular weight is 349 g/mol. The lowest BCUT2D eigenvalue weighted by Crippen LogP contribution is -2.44. The highest BCUT2D eigenvalue weighted by atomic mass is 19.1. The second-order valence-electron chi connectivity index (χ2n) is 6.58. The third-order valence-electron chi connectivity index (χ3n) is 4.15. The standard InChI is InChI=1S/C19H24FNO4/c1-13-8-14(2)11-21(10-13)18(22)12-25-19(23)7-5-15-4-6-17(24-3)16(20)9-15/h4-7,9,13-14H,8,10-12H2,1-3H3/b7-5+/t13-,14-/m1/s1. The van der Waals surface area contributed by atoms with Crippen molar-refractivity contribution >= 4 is 18.0 Å². The van der Waals surface area contributed by atoms with Crippen molar-refractivity contribution in [3.05, 3.63) is 35.7 Å². The number of likely N-dealkylation sites (tertiary alicyclic amines) is 1. The van der Waals surface area contributed by atoms with Crippen molar-refractivity contribution in [2.24, 2.45) is 11.8 Å². The lowest BCUT2D eigenvalue weighted by molar-refractivity contribution is -0.149. The van der Waals surface area contributed by atoms with Gasteiger partial charge < -0.3 is 14.4 Å². The second kappa shape index (κ2) is 8.65. The molecule has 25 heavy (non-hydrogen) atoms. The quantitative estimate of drug-likeness (QED) is 0.606. The average Bonchev–Trinajstić information content (AvgIpc) is 2.57. The predicted octanol–water partition coefficient (Wildman–Crippen LogP) is 2.90. The Balaban J connectivity index is 1.83. The number of carbonyl (C=O) groups is 2. The molecule has 1 aliphatic rings. The van der Waals surface area contributed by atoms with Gasteiger partial charge in [0.1, 0.15) is 0 Å². The van der Waals surface area contributed by atoms with Gasteiger partial charge in [0.25, 0.3) is 5.91 Å². The Labute approximate surface area is 147 Å². The molecule has 1 aliphatic heterocycles. The van der Waals surface area contributed by atoms with Gasteiger partial charge >= 0.3 is 5.97 Å². The molecule has 5 nitrogen and oxygen atoms in total. The molecule has 1 amide bonds. The van der Waals surface area contributed by atoms with Crippen LogP contribution in [0.25, 0.3) is 6.08 Å². The lowest BCUT2D eigenvalue weighted by Gasteiger charge is -2.34. The molecule has 0 unspecified atom stereocenters. The van der Waals surface area contributed by atoms with Gasteiger partial charge in [0, 0.05) is 19.2 Å². The van der Waals surface area contributed by atoms with Crippen LogP contribution in [0.3, 0.4) is 0 Å². The van der Waals surface area contributed by atoms with Crippen LogP contribution in [0.1, 0.15) is 25.8 Å². The summed E-state index contributed by atoms with van der Waals surface area (Å²) in [4.78, 5) is 25.6. The number of hydrogen-bond acceptors (Lipinski definition) is 4. The highest BCUT2D eigenvalue weighted by Gasteiger charge is 2.25. The number of carbonyl (C=O) groups excluding carboxylic acids is 2. The van der Waals surface area contributed by atoms with Gasteiger partial charge in [-0.3, -0.25) is 4.79 Å². The van der Waals surface area contributed by atoms with E-state index in [1.165, 1.54) is 31.4 Å². The summed E-state index contributed by atoms with van der Waals surface area (Å²) in [6.07, 6.45) is 3.71. The van der Waals surface area contributed by atoms with E-state index in [0.717, 1.165) is 6.42 Å². The van der Waals surface area contributed by atoms with Gasteiger partial charge in [-0.05, 0) is 42.0 Å². The van der Waals surface area contributed by atoms with Crippen LogP contribution in [0.4, 0.5) is 4.39 Å². The van der Waals surface area contributed by atoms with Crippen LogP contribution in [0, 0.1) is 17.7 Å². The molecule has 6 heteroatoms. The summed E-state index contributed by atoms with van der Waals surface area (Å²) in [5.74, 6) is -0.295. The van der Waals surface area contributed by atoms with E-state index in [9.17, 15) is 14.0 Å². The zero-order chi connectivity index (χ0) is 18.4. The van der Waals surface area contributed by atoms with Crippen molar-refractivity contribution < 1.29 is 23.5 Å². The minimum absolute atomic E-state index is 0.135. The first-order chi connectivity index (χ1) is 11.9. The number of ether oxygens (including phenoxy) is 2. The van der Waals surface area contributed by atoms with E-state index in [1.54, 1.807) is 11.0 Å². The molecule has 1 saturated heterocycles. The molecule has 1 aromatic carbocycles. The van der Waals surface area contributed by atoms with Crippen molar-refractivity contribution in [2.75, 3.05) is 26.8 Å². The Hall–Kier alpha value is -2.37. The number of piperidine rings is 1. The second-order valence-corrected chi connectivity index (χ2v) is 6.58. The molecule has 0 bridgehead atoms. The van der Waals surface area contributed by atoms with Crippen LogP contribution in [0.15, 0.2) is 24.3 Å². The zero-order valence-corrected chi connectivity index (χ0v) is 14.8. The van der Waals surface area contributed by atoms with E-state index >= 15 is 0 Å². The Bertz CT molecular complexity index is 649. The first-order valence-electron chi connectivity index (χ1n) is 8.35. The molecular formula is C19H24FNO4. The number of rotatable bonds is 5. The fraction of sp³-hybridized carbons (Fsp3) is 0.474. The molecule has 0 aromatic heterocycles. The van der Waals surface area contributed by atoms with Gasteiger partial charge in [-0.1, -0.05) is 19.9 Å². The number of hydrogen-bond donors (Lipinski definition) is 0. The van der Waals surface area contributed by atoms with Crippen LogP contribution in [0.2, 0.25) is 0 Å². The number of nitrogens with zero attached hydrogens (tertiary/aromatic N) is 1. The van der Waals surface area contributed by atoms with Crippen LogP contribution >= 0.6 is 0 Å². The van der Waals surface area contributed by atoms with Crippen molar-refractivity contribution in [3.8, 4) is 5.75 Å². The monoisotopic (exact) mass is 349 g/mol. The number of amides is 1. The van der Waals surface area contributed by atoms with Crippen molar-refractivity contribution in [1.29, 1.82) is 0 Å². The Morgan fingerprint density at radius 2 is 1.96 bits per heavy atom. The van der Waals surface area contributed by atoms with E-state index in [0.29, 0.717) is 30.5 Å². The van der Waals surface area contributed by atoms with E-state index < -0.39 is 11.8 Å². The Morgan fingerprint density at radius 1 is 1.28 bits per heavy atom. The van der Waals surface area contributed by atoms with Crippen molar-refractivity contribution in [1.82, 2.24) is 4.90 Å². The summed E-state index contributed by atoms with van der Waals surface area (Å²) in [6, 6.07) is 4.35. The number of benzene rings is 1. The zero-order valence-electron chi connectivity index (χ0n) is 14.8. The van der Waals surface area contributed by atoms with Crippen molar-refractivity contribution in [3.63, 3.8) is 0 Å². The number of methoxy groups -OCH3 is 1. The van der Waals surface area contributed by atoms with E-state index in [2.05, 4.69) is 13.8 Å². The molecule has 136 valence electrons. The van der Waals surface area contributed by atoms with Crippen LogP contribution in [-0.4, -0.2) is 43.6 Å². The third-order valence-corrected chi connectivity index (χ3v) is 4.15. The third kappa shape index (κ3) is 5.59. The summed E-state index contributed by atoms with van der Waals surface area (Å²) in [7, 11) is 1.38. The van der Waals surface area contributed by atoms with Gasteiger partial charge in [-0.2, -0.15) is 0 Å². The van der Waals surface area contributed by atoms with E-state index in [-0.39, 0.29) is 18.3 Å². The molecule has 0 radical (unpaired) electrons. The van der Waals surface area contributed by atoms with Gasteiger partial charge in [0.2, 0.25) is 0 Å². The van der Waals surface area contributed by atoms with Gasteiger partial charge in [0.15, 0.2) is 18.2 Å². The Kier molecular flexibility index (Phi) is 6.56. The molecule has 0 N–H and O–H groups in total. The molecular weight excluding hydrogens is 325 g/mol. The molecule has 1 fully saturated rings. The summed E-state index contributed by atoms with van der Waals surface area (Å²) >= 11 is 0. The normalized spacial score (nSPS) is 20.6. The van der Waals surface area contributed by atoms with Crippen molar-refractivity contribution in [2.45, 2.75) is 20.3 Å². The van der Waals surface area contributed by atoms with E-state index in [1.807, 2.05) is 0 Å². The SMILES string of the molecule is COc1ccc(/C=C/C(=O)OCC(=O)N2C[C@H](C)C[C@@H](C)C2)cc1F. The van der Waals surface area contributed by atoms with Gasteiger partial charge in [-0.15, -0.1) is 0 Å². The first-order valence-corrected chi connectivity index (χ1v) is 8.35. The smallest absolute Gasteiger partial charge is 0.331 e. The summed E-state index contributed by atoms with van der Waals surface area (Å²) in [5.41, 5.74) is 0.500. The fourth-order valence-corrected chi connectivity index (χ4v) is 3.09. The minimum atomic E-state index is -0.636. The molecule has 0 aliphatic carbocycles. The molecule has 2 atom stereocenters. The topological polar surface area (TPSA) is 55.8 Å². The minimum Gasteiger partial charge on any atom is -0.494 e. The van der Waals surface area contributed by atoms with Gasteiger partial charge in [0.05, 0.1) is 7.11 Å². The molecule has 0 spiro atoms. The number of esters is 1. The van der Waals surface area contributed by atoms with E-state index in [4.69, 9.17) is 9.47 Å².